The van der Waals surface area contributed by atoms with E-state index >= 15 is 0 Å². The molecule has 0 bridgehead atoms. The van der Waals surface area contributed by atoms with Gasteiger partial charge in [-0.15, -0.1) is 0 Å². The molecule has 0 saturated carbocycles. The number of hydrogen-bond donors (Lipinski definition) is 0. The standard InChI is InChI=1S/C40H32N4O2/c1-22(2)29-19-26(25-11-7-6-8-12-25)20-30(23(3)4)36(29)44-33-14-10-9-13-31(33)43-40(44)28-16-15-24(5)35-27-17-18-32-39(38(27)46-37(28)35)45-34(21-41)42-32/h6-20,22-23H,1-5H3/i5D3. The van der Waals surface area contributed by atoms with Crippen LogP contribution in [0.2, 0.25) is 0 Å². The second-order valence-electron chi connectivity index (χ2n) is 12.3. The molecule has 0 radical (unpaired) electrons. The van der Waals surface area contributed by atoms with Gasteiger partial charge in [0, 0.05) is 14.9 Å². The van der Waals surface area contributed by atoms with Gasteiger partial charge >= 0.3 is 5.89 Å². The molecular weight excluding hydrogens is 568 g/mol. The van der Waals surface area contributed by atoms with Crippen LogP contribution in [0.3, 0.4) is 0 Å². The molecule has 224 valence electrons. The Morgan fingerprint density at radius 1 is 0.739 bits per heavy atom. The van der Waals surface area contributed by atoms with Crippen molar-refractivity contribution in [3.8, 4) is 34.3 Å². The molecule has 0 unspecified atom stereocenters. The van der Waals surface area contributed by atoms with Crippen LogP contribution in [-0.2, 0) is 0 Å². The van der Waals surface area contributed by atoms with Crippen molar-refractivity contribution >= 4 is 44.1 Å². The molecule has 0 atom stereocenters. The van der Waals surface area contributed by atoms with E-state index in [1.807, 2.05) is 30.3 Å². The Labute approximate surface area is 270 Å². The van der Waals surface area contributed by atoms with Gasteiger partial charge in [0.2, 0.25) is 0 Å². The van der Waals surface area contributed by atoms with E-state index in [1.165, 1.54) is 11.1 Å². The summed E-state index contributed by atoms with van der Waals surface area (Å²) in [5, 5.41) is 10.5. The number of nitriles is 1. The molecule has 0 aliphatic heterocycles. The highest BCUT2D eigenvalue weighted by Crippen LogP contribution is 2.44. The second-order valence-corrected chi connectivity index (χ2v) is 12.3. The van der Waals surface area contributed by atoms with Gasteiger partial charge in [-0.3, -0.25) is 4.57 Å². The first-order valence-electron chi connectivity index (χ1n) is 17.0. The van der Waals surface area contributed by atoms with Crippen LogP contribution >= 0.6 is 0 Å². The van der Waals surface area contributed by atoms with E-state index in [1.54, 1.807) is 24.3 Å². The van der Waals surface area contributed by atoms with Gasteiger partial charge in [-0.25, -0.2) is 4.98 Å². The Bertz CT molecular complexity index is 2590. The Hall–Kier alpha value is -5.67. The third-order valence-electron chi connectivity index (χ3n) is 8.78. The number of aromatic nitrogens is 3. The van der Waals surface area contributed by atoms with Crippen molar-refractivity contribution in [2.24, 2.45) is 0 Å². The molecule has 0 aliphatic rings. The Morgan fingerprint density at radius 3 is 2.20 bits per heavy atom. The van der Waals surface area contributed by atoms with Crippen LogP contribution < -0.4 is 0 Å². The normalized spacial score (nSPS) is 13.2. The molecule has 5 aromatic carbocycles. The van der Waals surface area contributed by atoms with Gasteiger partial charge in [0.15, 0.2) is 17.2 Å². The minimum atomic E-state index is -2.43. The smallest absolute Gasteiger partial charge is 0.301 e. The summed E-state index contributed by atoms with van der Waals surface area (Å²) < 4.78 is 39.9. The molecule has 3 aromatic heterocycles. The predicted octanol–water partition coefficient (Wildman–Crippen LogP) is 10.8. The number of hydrogen-bond acceptors (Lipinski definition) is 5. The highest BCUT2D eigenvalue weighted by atomic mass is 16.4. The van der Waals surface area contributed by atoms with Crippen LogP contribution in [0, 0.1) is 18.2 Å². The third kappa shape index (κ3) is 4.16. The Morgan fingerprint density at radius 2 is 1.48 bits per heavy atom. The third-order valence-corrected chi connectivity index (χ3v) is 8.78. The van der Waals surface area contributed by atoms with Crippen molar-refractivity contribution in [3.05, 3.63) is 114 Å². The van der Waals surface area contributed by atoms with E-state index in [9.17, 15) is 5.26 Å². The molecule has 8 rings (SSSR count). The fourth-order valence-electron chi connectivity index (χ4n) is 6.60. The Balaban J connectivity index is 1.51. The molecule has 6 nitrogen and oxygen atoms in total. The first-order valence-corrected chi connectivity index (χ1v) is 15.5. The van der Waals surface area contributed by atoms with E-state index in [0.29, 0.717) is 44.4 Å². The number of benzene rings is 5. The maximum atomic E-state index is 9.48. The van der Waals surface area contributed by atoms with Gasteiger partial charge in [-0.1, -0.05) is 76.2 Å². The number of aryl methyl sites for hydroxylation is 1. The average Bonchev–Trinajstić information content (AvgIpc) is 3.80. The number of nitrogens with zero attached hydrogens (tertiary/aromatic N) is 4. The highest BCUT2D eigenvalue weighted by molar-refractivity contribution is 6.16. The molecule has 3 heterocycles. The molecule has 0 amide bonds. The molecular formula is C40H32N4O2. The maximum absolute atomic E-state index is 9.48. The van der Waals surface area contributed by atoms with Crippen molar-refractivity contribution in [3.63, 3.8) is 0 Å². The van der Waals surface area contributed by atoms with Crippen molar-refractivity contribution in [1.29, 1.82) is 5.26 Å². The summed E-state index contributed by atoms with van der Waals surface area (Å²) in [6.45, 7) is 6.40. The molecule has 8 aromatic rings. The largest absolute Gasteiger partial charge is 0.451 e. The van der Waals surface area contributed by atoms with Gasteiger partial charge in [0.05, 0.1) is 22.3 Å². The number of furan rings is 1. The summed E-state index contributed by atoms with van der Waals surface area (Å²) >= 11 is 0. The van der Waals surface area contributed by atoms with Crippen molar-refractivity contribution in [2.75, 3.05) is 0 Å². The van der Waals surface area contributed by atoms with Crippen LogP contribution in [0.25, 0.3) is 72.3 Å². The number of para-hydroxylation sites is 2. The van der Waals surface area contributed by atoms with Crippen LogP contribution in [0.15, 0.2) is 99.8 Å². The number of oxazole rings is 1. The Kier molecular flexibility index (Phi) is 5.60. The molecule has 0 N–H and O–H groups in total. The summed E-state index contributed by atoms with van der Waals surface area (Å²) in [5.74, 6) is 0.874. The summed E-state index contributed by atoms with van der Waals surface area (Å²) in [5.41, 5.74) is 9.66. The fraction of sp³-hybridized carbons (Fsp3) is 0.175. The first-order chi connectivity index (χ1) is 23.5. The molecule has 0 fully saturated rings. The lowest BCUT2D eigenvalue weighted by Gasteiger charge is -2.24. The van der Waals surface area contributed by atoms with Gasteiger partial charge in [0.1, 0.15) is 16.9 Å². The quantitative estimate of drug-likeness (QED) is 0.195. The number of rotatable bonds is 5. The molecule has 46 heavy (non-hydrogen) atoms. The van der Waals surface area contributed by atoms with Gasteiger partial charge in [-0.05, 0) is 89.0 Å². The molecule has 0 saturated heterocycles. The van der Waals surface area contributed by atoms with E-state index < -0.39 is 6.85 Å². The topological polar surface area (TPSA) is 80.8 Å². The van der Waals surface area contributed by atoms with E-state index in [-0.39, 0.29) is 23.3 Å². The SMILES string of the molecule is [2H]C([2H])([2H])c1ccc(-c2nc3ccccc3n2-c2c(C(C)C)cc(-c3ccccc3)cc2C(C)C)c2oc3c(ccc4nc(C#N)oc43)c12. The van der Waals surface area contributed by atoms with E-state index in [4.69, 9.17) is 17.9 Å². The fourth-order valence-corrected chi connectivity index (χ4v) is 6.60. The highest BCUT2D eigenvalue weighted by Gasteiger charge is 2.26. The molecule has 0 aliphatic carbocycles. The van der Waals surface area contributed by atoms with Crippen molar-refractivity contribution in [1.82, 2.24) is 14.5 Å². The first kappa shape index (κ1) is 24.6. The maximum Gasteiger partial charge on any atom is 0.301 e. The minimum absolute atomic E-state index is 0.0950. The van der Waals surface area contributed by atoms with E-state index in [0.717, 1.165) is 27.8 Å². The average molecular weight is 604 g/mol. The van der Waals surface area contributed by atoms with Crippen LogP contribution in [0.5, 0.6) is 0 Å². The zero-order valence-electron chi connectivity index (χ0n) is 28.9. The second kappa shape index (κ2) is 10.5. The lowest BCUT2D eigenvalue weighted by molar-refractivity contribution is 0.574. The van der Waals surface area contributed by atoms with Gasteiger partial charge in [-0.2, -0.15) is 10.2 Å². The summed E-state index contributed by atoms with van der Waals surface area (Å²) in [6, 6.07) is 31.9. The van der Waals surface area contributed by atoms with E-state index in [2.05, 4.69) is 79.7 Å². The van der Waals surface area contributed by atoms with Crippen LogP contribution in [0.4, 0.5) is 0 Å². The summed E-state index contributed by atoms with van der Waals surface area (Å²) in [4.78, 5) is 9.47. The molecule has 0 spiro atoms. The zero-order chi connectivity index (χ0) is 34.2. The van der Waals surface area contributed by atoms with Crippen LogP contribution in [-0.4, -0.2) is 14.5 Å². The number of imidazole rings is 1. The van der Waals surface area contributed by atoms with Crippen LogP contribution in [0.1, 0.15) is 66.2 Å². The summed E-state index contributed by atoms with van der Waals surface area (Å²) in [7, 11) is 0. The van der Waals surface area contributed by atoms with Gasteiger partial charge in [0.25, 0.3) is 0 Å². The monoisotopic (exact) mass is 603 g/mol. The van der Waals surface area contributed by atoms with Gasteiger partial charge < -0.3 is 8.83 Å². The minimum Gasteiger partial charge on any atom is -0.451 e. The predicted molar refractivity (Wildman–Crippen MR) is 184 cm³/mol. The number of fused-ring (bicyclic) bond motifs is 6. The lowest BCUT2D eigenvalue weighted by Crippen LogP contribution is -2.09. The lowest BCUT2D eigenvalue weighted by atomic mass is 9.88. The van der Waals surface area contributed by atoms with Crippen molar-refractivity contribution < 1.29 is 12.9 Å². The zero-order valence-corrected chi connectivity index (χ0v) is 25.9. The van der Waals surface area contributed by atoms with Crippen molar-refractivity contribution in [2.45, 2.75) is 46.4 Å². The molecule has 6 heteroatoms. The summed E-state index contributed by atoms with van der Waals surface area (Å²) in [6.07, 6.45) is 0.